The predicted molar refractivity (Wildman–Crippen MR) is 87.7 cm³/mol. The molecule has 130 valence electrons. The van der Waals surface area contributed by atoms with E-state index in [1.807, 2.05) is 6.07 Å². The summed E-state index contributed by atoms with van der Waals surface area (Å²) >= 11 is 0. The Morgan fingerprint density at radius 1 is 1.16 bits per heavy atom. The Labute approximate surface area is 144 Å². The van der Waals surface area contributed by atoms with Crippen LogP contribution in [0.2, 0.25) is 0 Å². The maximum atomic E-state index is 13.2. The third-order valence-electron chi connectivity index (χ3n) is 4.65. The van der Waals surface area contributed by atoms with Gasteiger partial charge in [-0.1, -0.05) is 18.2 Å². The normalized spacial score (nSPS) is 21.6. The number of benzene rings is 2. The van der Waals surface area contributed by atoms with Crippen molar-refractivity contribution >= 4 is 5.91 Å². The lowest BCUT2D eigenvalue weighted by Crippen LogP contribution is -2.33. The summed E-state index contributed by atoms with van der Waals surface area (Å²) in [6.07, 6.45) is 0.0929. The standard InChI is InChI=1S/C19H18FNO4/c20-14-4-2-13(3-5-14)16-9-15(22)10-21(16)19(23)8-12-1-6-17-18(7-12)25-11-24-17/h1-7,15-16,22H,8-11H2/t15-,16-/m1/s1. The van der Waals surface area contributed by atoms with Crippen LogP contribution in [0.3, 0.4) is 0 Å². The molecule has 2 heterocycles. The van der Waals surface area contributed by atoms with E-state index in [1.54, 1.807) is 29.2 Å². The van der Waals surface area contributed by atoms with Crippen LogP contribution in [0.15, 0.2) is 42.5 Å². The minimum atomic E-state index is -0.573. The van der Waals surface area contributed by atoms with Gasteiger partial charge in [0.15, 0.2) is 11.5 Å². The zero-order valence-electron chi connectivity index (χ0n) is 13.5. The molecule has 0 bridgehead atoms. The summed E-state index contributed by atoms with van der Waals surface area (Å²) in [4.78, 5) is 14.4. The highest BCUT2D eigenvalue weighted by atomic mass is 19.1. The summed E-state index contributed by atoms with van der Waals surface area (Å²) in [6.45, 7) is 0.475. The van der Waals surface area contributed by atoms with Gasteiger partial charge in [0.1, 0.15) is 5.82 Å². The van der Waals surface area contributed by atoms with E-state index in [2.05, 4.69) is 0 Å². The first-order chi connectivity index (χ1) is 12.1. The molecule has 1 amide bonds. The molecule has 2 atom stereocenters. The van der Waals surface area contributed by atoms with Crippen molar-refractivity contribution in [3.05, 3.63) is 59.4 Å². The first-order valence-corrected chi connectivity index (χ1v) is 8.21. The summed E-state index contributed by atoms with van der Waals surface area (Å²) in [7, 11) is 0. The van der Waals surface area contributed by atoms with Crippen LogP contribution in [0.25, 0.3) is 0 Å². The minimum absolute atomic E-state index is 0.0789. The van der Waals surface area contributed by atoms with E-state index in [9.17, 15) is 14.3 Å². The molecule has 0 saturated carbocycles. The van der Waals surface area contributed by atoms with Gasteiger partial charge < -0.3 is 19.5 Å². The topological polar surface area (TPSA) is 59.0 Å². The number of amides is 1. The Hall–Kier alpha value is -2.60. The number of carbonyl (C=O) groups is 1. The Balaban J connectivity index is 1.52. The van der Waals surface area contributed by atoms with Crippen LogP contribution in [-0.4, -0.2) is 35.4 Å². The highest BCUT2D eigenvalue weighted by molar-refractivity contribution is 5.80. The number of nitrogens with zero attached hydrogens (tertiary/aromatic N) is 1. The van der Waals surface area contributed by atoms with Crippen LogP contribution in [0.1, 0.15) is 23.6 Å². The van der Waals surface area contributed by atoms with Gasteiger partial charge in [-0.3, -0.25) is 4.79 Å². The summed E-state index contributed by atoms with van der Waals surface area (Å²) in [5.41, 5.74) is 1.66. The summed E-state index contributed by atoms with van der Waals surface area (Å²) in [5, 5.41) is 10.0. The molecular formula is C19H18FNO4. The largest absolute Gasteiger partial charge is 0.454 e. The first kappa shape index (κ1) is 15.9. The number of ether oxygens (including phenoxy) is 2. The smallest absolute Gasteiger partial charge is 0.231 e. The second-order valence-corrected chi connectivity index (χ2v) is 6.37. The molecule has 6 heteroatoms. The number of aliphatic hydroxyl groups is 1. The van der Waals surface area contributed by atoms with Crippen LogP contribution in [0.5, 0.6) is 11.5 Å². The number of halogens is 1. The molecule has 0 aromatic heterocycles. The third-order valence-corrected chi connectivity index (χ3v) is 4.65. The number of aliphatic hydroxyl groups excluding tert-OH is 1. The number of hydrogen-bond donors (Lipinski definition) is 1. The van der Waals surface area contributed by atoms with Crippen LogP contribution >= 0.6 is 0 Å². The van der Waals surface area contributed by atoms with E-state index in [1.165, 1.54) is 12.1 Å². The lowest BCUT2D eigenvalue weighted by molar-refractivity contribution is -0.131. The SMILES string of the molecule is O=C(Cc1ccc2c(c1)OCO2)N1C[C@H](O)C[C@@H]1c1ccc(F)cc1. The average Bonchev–Trinajstić information content (AvgIpc) is 3.21. The van der Waals surface area contributed by atoms with Gasteiger partial charge in [-0.25, -0.2) is 4.39 Å². The van der Waals surface area contributed by atoms with Gasteiger partial charge in [-0.15, -0.1) is 0 Å². The molecule has 1 saturated heterocycles. The van der Waals surface area contributed by atoms with Gasteiger partial charge in [0.2, 0.25) is 12.7 Å². The number of rotatable bonds is 3. The van der Waals surface area contributed by atoms with Crippen molar-refractivity contribution in [3.8, 4) is 11.5 Å². The molecule has 1 N–H and O–H groups in total. The molecule has 2 aliphatic heterocycles. The fourth-order valence-electron chi connectivity index (χ4n) is 3.42. The Bertz CT molecular complexity index is 793. The fraction of sp³-hybridized carbons (Fsp3) is 0.316. The van der Waals surface area contributed by atoms with Crippen molar-refractivity contribution in [3.63, 3.8) is 0 Å². The van der Waals surface area contributed by atoms with Gasteiger partial charge in [0, 0.05) is 6.54 Å². The van der Waals surface area contributed by atoms with E-state index in [4.69, 9.17) is 9.47 Å². The third kappa shape index (κ3) is 3.17. The molecule has 1 fully saturated rings. The van der Waals surface area contributed by atoms with Crippen LogP contribution in [0.4, 0.5) is 4.39 Å². The number of fused-ring (bicyclic) bond motifs is 1. The number of likely N-dealkylation sites (tertiary alicyclic amines) is 1. The van der Waals surface area contributed by atoms with E-state index in [0.29, 0.717) is 17.9 Å². The van der Waals surface area contributed by atoms with Crippen LogP contribution < -0.4 is 9.47 Å². The van der Waals surface area contributed by atoms with E-state index >= 15 is 0 Å². The molecular weight excluding hydrogens is 325 g/mol. The van der Waals surface area contributed by atoms with Crippen molar-refractivity contribution < 1.29 is 23.8 Å². The lowest BCUT2D eigenvalue weighted by Gasteiger charge is -2.25. The molecule has 2 aromatic carbocycles. The van der Waals surface area contributed by atoms with Crippen molar-refractivity contribution in [2.75, 3.05) is 13.3 Å². The second-order valence-electron chi connectivity index (χ2n) is 6.37. The maximum absolute atomic E-state index is 13.2. The van der Waals surface area contributed by atoms with Crippen molar-refractivity contribution in [1.29, 1.82) is 0 Å². The van der Waals surface area contributed by atoms with Crippen LogP contribution in [-0.2, 0) is 11.2 Å². The molecule has 2 aliphatic rings. The lowest BCUT2D eigenvalue weighted by atomic mass is 10.0. The highest BCUT2D eigenvalue weighted by Gasteiger charge is 2.35. The second kappa shape index (κ2) is 6.37. The van der Waals surface area contributed by atoms with Gasteiger partial charge in [0.25, 0.3) is 0 Å². The summed E-state index contributed by atoms with van der Waals surface area (Å²) in [5.74, 6) is 0.920. The predicted octanol–water partition coefficient (Wildman–Crippen LogP) is 2.43. The van der Waals surface area contributed by atoms with Gasteiger partial charge in [0.05, 0.1) is 18.6 Å². The number of carbonyl (C=O) groups excluding carboxylic acids is 1. The zero-order chi connectivity index (χ0) is 17.4. The number of hydrogen-bond acceptors (Lipinski definition) is 4. The van der Waals surface area contributed by atoms with Crippen LogP contribution in [0, 0.1) is 5.82 Å². The minimum Gasteiger partial charge on any atom is -0.454 e. The quantitative estimate of drug-likeness (QED) is 0.930. The van der Waals surface area contributed by atoms with Gasteiger partial charge in [-0.05, 0) is 41.8 Å². The Morgan fingerprint density at radius 3 is 2.72 bits per heavy atom. The van der Waals surface area contributed by atoms with Gasteiger partial charge >= 0.3 is 0 Å². The van der Waals surface area contributed by atoms with Crippen molar-refractivity contribution in [1.82, 2.24) is 4.90 Å². The Morgan fingerprint density at radius 2 is 1.92 bits per heavy atom. The highest BCUT2D eigenvalue weighted by Crippen LogP contribution is 2.35. The monoisotopic (exact) mass is 343 g/mol. The molecule has 0 radical (unpaired) electrons. The molecule has 0 spiro atoms. The zero-order valence-corrected chi connectivity index (χ0v) is 13.5. The molecule has 0 unspecified atom stereocenters. The first-order valence-electron chi connectivity index (χ1n) is 8.21. The molecule has 2 aromatic rings. The molecule has 0 aliphatic carbocycles. The molecule has 4 rings (SSSR count). The van der Waals surface area contributed by atoms with E-state index < -0.39 is 6.10 Å². The molecule has 25 heavy (non-hydrogen) atoms. The summed E-state index contributed by atoms with van der Waals surface area (Å²) < 4.78 is 23.8. The van der Waals surface area contributed by atoms with E-state index in [0.717, 1.165) is 11.1 Å². The van der Waals surface area contributed by atoms with Gasteiger partial charge in [-0.2, -0.15) is 0 Å². The number of β-amino-alcohol motifs (C(OH)–C–C–N with tert-alkyl or cyclic N) is 1. The Kier molecular flexibility index (Phi) is 4.05. The maximum Gasteiger partial charge on any atom is 0.231 e. The molecule has 5 nitrogen and oxygen atoms in total. The van der Waals surface area contributed by atoms with E-state index in [-0.39, 0.29) is 37.5 Å². The average molecular weight is 343 g/mol. The van der Waals surface area contributed by atoms with Crippen molar-refractivity contribution in [2.24, 2.45) is 0 Å². The fourth-order valence-corrected chi connectivity index (χ4v) is 3.42. The summed E-state index contributed by atoms with van der Waals surface area (Å²) in [6, 6.07) is 11.3. The van der Waals surface area contributed by atoms with Crippen molar-refractivity contribution in [2.45, 2.75) is 25.0 Å².